The van der Waals surface area contributed by atoms with Crippen LogP contribution in [0.5, 0.6) is 0 Å². The minimum atomic E-state index is 0.177. The molecule has 2 aromatic heterocycles. The van der Waals surface area contributed by atoms with Crippen molar-refractivity contribution in [2.24, 2.45) is 5.92 Å². The lowest BCUT2D eigenvalue weighted by atomic mass is 10.1. The molecule has 2 rings (SSSR count). The SMILES string of the molecule is CNC(Cc1ncnn1CC(C)C)c1scc(C)c1Cl. The highest BCUT2D eigenvalue weighted by molar-refractivity contribution is 7.10. The Balaban J connectivity index is 2.19. The Morgan fingerprint density at radius 2 is 2.20 bits per heavy atom. The van der Waals surface area contributed by atoms with Crippen molar-refractivity contribution in [3.8, 4) is 0 Å². The smallest absolute Gasteiger partial charge is 0.138 e. The van der Waals surface area contributed by atoms with Gasteiger partial charge >= 0.3 is 0 Å². The molecule has 0 aliphatic rings. The number of rotatable bonds is 6. The number of aromatic nitrogens is 3. The minimum absolute atomic E-state index is 0.177. The fourth-order valence-electron chi connectivity index (χ4n) is 2.14. The van der Waals surface area contributed by atoms with E-state index in [1.165, 1.54) is 4.88 Å². The molecule has 0 aromatic carbocycles. The third-order valence-electron chi connectivity index (χ3n) is 3.21. The molecule has 1 unspecified atom stereocenters. The number of nitrogens with one attached hydrogen (secondary N) is 1. The van der Waals surface area contributed by atoms with Crippen molar-refractivity contribution < 1.29 is 0 Å². The lowest BCUT2D eigenvalue weighted by molar-refractivity contribution is 0.452. The first-order valence-electron chi connectivity index (χ1n) is 6.80. The molecule has 2 heterocycles. The van der Waals surface area contributed by atoms with Crippen molar-refractivity contribution >= 4 is 22.9 Å². The fraction of sp³-hybridized carbons (Fsp3) is 0.571. The summed E-state index contributed by atoms with van der Waals surface area (Å²) in [5, 5.41) is 10.6. The summed E-state index contributed by atoms with van der Waals surface area (Å²) in [7, 11) is 1.96. The monoisotopic (exact) mass is 312 g/mol. The highest BCUT2D eigenvalue weighted by atomic mass is 35.5. The number of nitrogens with zero attached hydrogens (tertiary/aromatic N) is 3. The molecule has 0 saturated heterocycles. The van der Waals surface area contributed by atoms with E-state index in [4.69, 9.17) is 11.6 Å². The predicted octanol–water partition coefficient (Wildman–Crippen LogP) is 3.46. The van der Waals surface area contributed by atoms with E-state index in [2.05, 4.69) is 34.6 Å². The molecule has 4 nitrogen and oxygen atoms in total. The molecule has 2 aromatic rings. The molecule has 0 fully saturated rings. The normalized spacial score (nSPS) is 13.1. The molecule has 0 aliphatic heterocycles. The maximum Gasteiger partial charge on any atom is 0.138 e. The molecule has 20 heavy (non-hydrogen) atoms. The van der Waals surface area contributed by atoms with Gasteiger partial charge in [-0.05, 0) is 30.8 Å². The highest BCUT2D eigenvalue weighted by Crippen LogP contribution is 2.33. The van der Waals surface area contributed by atoms with E-state index >= 15 is 0 Å². The Morgan fingerprint density at radius 3 is 2.75 bits per heavy atom. The van der Waals surface area contributed by atoms with Crippen LogP contribution in [0.3, 0.4) is 0 Å². The van der Waals surface area contributed by atoms with Gasteiger partial charge in [-0.1, -0.05) is 25.4 Å². The molecule has 110 valence electrons. The van der Waals surface area contributed by atoms with Crippen molar-refractivity contribution in [3.05, 3.63) is 33.0 Å². The molecule has 1 N–H and O–H groups in total. The van der Waals surface area contributed by atoms with Crippen LogP contribution in [-0.2, 0) is 13.0 Å². The van der Waals surface area contributed by atoms with Gasteiger partial charge in [0, 0.05) is 23.9 Å². The van der Waals surface area contributed by atoms with Crippen LogP contribution in [0.2, 0.25) is 5.02 Å². The molecule has 0 bridgehead atoms. The van der Waals surface area contributed by atoms with E-state index in [0.29, 0.717) is 5.92 Å². The van der Waals surface area contributed by atoms with Crippen LogP contribution >= 0.6 is 22.9 Å². The zero-order valence-corrected chi connectivity index (χ0v) is 13.9. The van der Waals surface area contributed by atoms with Crippen LogP contribution in [-0.4, -0.2) is 21.8 Å². The van der Waals surface area contributed by atoms with Gasteiger partial charge in [0.2, 0.25) is 0 Å². The summed E-state index contributed by atoms with van der Waals surface area (Å²) in [6, 6.07) is 0.177. The van der Waals surface area contributed by atoms with Crippen molar-refractivity contribution in [2.45, 2.75) is 39.8 Å². The lowest BCUT2D eigenvalue weighted by Gasteiger charge is -2.16. The topological polar surface area (TPSA) is 42.7 Å². The molecular weight excluding hydrogens is 292 g/mol. The summed E-state index contributed by atoms with van der Waals surface area (Å²) in [6.07, 6.45) is 2.43. The number of thiophene rings is 1. The first kappa shape index (κ1) is 15.5. The van der Waals surface area contributed by atoms with Gasteiger partial charge in [-0.25, -0.2) is 9.67 Å². The van der Waals surface area contributed by atoms with Crippen LogP contribution in [0.25, 0.3) is 0 Å². The quantitative estimate of drug-likeness (QED) is 0.888. The van der Waals surface area contributed by atoms with Gasteiger partial charge < -0.3 is 5.32 Å². The van der Waals surface area contributed by atoms with Gasteiger partial charge in [0.1, 0.15) is 12.2 Å². The van der Waals surface area contributed by atoms with E-state index in [-0.39, 0.29) is 6.04 Å². The standard InChI is InChI=1S/C14H21ClN4S/c1-9(2)6-19-12(17-8-18-19)5-11(16-4)14-13(15)10(3)7-20-14/h7-9,11,16H,5-6H2,1-4H3. The van der Waals surface area contributed by atoms with E-state index in [1.807, 2.05) is 18.7 Å². The number of halogens is 1. The summed E-state index contributed by atoms with van der Waals surface area (Å²) < 4.78 is 1.99. The Hall–Kier alpha value is -0.910. The third-order valence-corrected chi connectivity index (χ3v) is 5.04. The Labute approximate surface area is 129 Å². The molecule has 0 saturated carbocycles. The zero-order chi connectivity index (χ0) is 14.7. The van der Waals surface area contributed by atoms with Crippen molar-refractivity contribution in [2.75, 3.05) is 7.05 Å². The maximum atomic E-state index is 6.37. The van der Waals surface area contributed by atoms with Crippen LogP contribution in [0.15, 0.2) is 11.7 Å². The first-order chi connectivity index (χ1) is 9.52. The molecule has 6 heteroatoms. The van der Waals surface area contributed by atoms with E-state index in [1.54, 1.807) is 17.7 Å². The van der Waals surface area contributed by atoms with E-state index in [0.717, 1.165) is 29.4 Å². The average Bonchev–Trinajstić information content (AvgIpc) is 2.95. The second-order valence-electron chi connectivity index (χ2n) is 5.39. The largest absolute Gasteiger partial charge is 0.312 e. The lowest BCUT2D eigenvalue weighted by Crippen LogP contribution is -2.21. The van der Waals surface area contributed by atoms with Crippen LogP contribution in [0, 0.1) is 12.8 Å². The summed E-state index contributed by atoms with van der Waals surface area (Å²) in [5.41, 5.74) is 1.13. The zero-order valence-electron chi connectivity index (χ0n) is 12.4. The summed E-state index contributed by atoms with van der Waals surface area (Å²) in [5.74, 6) is 1.55. The summed E-state index contributed by atoms with van der Waals surface area (Å²) in [4.78, 5) is 5.56. The molecule has 1 atom stereocenters. The van der Waals surface area contributed by atoms with E-state index < -0.39 is 0 Å². The third kappa shape index (κ3) is 3.40. The van der Waals surface area contributed by atoms with Gasteiger partial charge in [-0.2, -0.15) is 5.10 Å². The second-order valence-corrected chi connectivity index (χ2v) is 6.68. The average molecular weight is 313 g/mol. The highest BCUT2D eigenvalue weighted by Gasteiger charge is 2.19. The maximum absolute atomic E-state index is 6.37. The molecule has 0 spiro atoms. The van der Waals surface area contributed by atoms with Crippen LogP contribution < -0.4 is 5.32 Å². The Bertz CT molecular complexity index is 561. The molecular formula is C14H21ClN4S. The number of likely N-dealkylation sites (N-methyl/N-ethyl adjacent to an activating group) is 1. The summed E-state index contributed by atoms with van der Waals surface area (Å²) >= 11 is 8.07. The van der Waals surface area contributed by atoms with E-state index in [9.17, 15) is 0 Å². The van der Waals surface area contributed by atoms with Crippen molar-refractivity contribution in [1.29, 1.82) is 0 Å². The second kappa shape index (κ2) is 6.70. The number of hydrogen-bond donors (Lipinski definition) is 1. The summed E-state index contributed by atoms with van der Waals surface area (Å²) in [6.45, 7) is 7.29. The molecule has 0 radical (unpaired) electrons. The minimum Gasteiger partial charge on any atom is -0.312 e. The van der Waals surface area contributed by atoms with Gasteiger partial charge in [0.05, 0.1) is 5.02 Å². The first-order valence-corrected chi connectivity index (χ1v) is 8.06. The Kier molecular flexibility index (Phi) is 5.18. The number of hydrogen-bond acceptors (Lipinski definition) is 4. The number of aryl methyl sites for hydroxylation is 1. The fourth-order valence-corrected chi connectivity index (χ4v) is 3.57. The van der Waals surface area contributed by atoms with Gasteiger partial charge in [0.15, 0.2) is 0 Å². The predicted molar refractivity (Wildman–Crippen MR) is 84.4 cm³/mol. The van der Waals surface area contributed by atoms with Crippen LogP contribution in [0.1, 0.15) is 36.2 Å². The van der Waals surface area contributed by atoms with Crippen molar-refractivity contribution in [3.63, 3.8) is 0 Å². The molecule has 0 aliphatic carbocycles. The molecule has 0 amide bonds. The van der Waals surface area contributed by atoms with Crippen LogP contribution in [0.4, 0.5) is 0 Å². The van der Waals surface area contributed by atoms with Crippen molar-refractivity contribution in [1.82, 2.24) is 20.1 Å². The van der Waals surface area contributed by atoms with Gasteiger partial charge in [-0.15, -0.1) is 11.3 Å². The Morgan fingerprint density at radius 1 is 1.45 bits per heavy atom. The van der Waals surface area contributed by atoms with Gasteiger partial charge in [0.25, 0.3) is 0 Å². The van der Waals surface area contributed by atoms with Gasteiger partial charge in [-0.3, -0.25) is 0 Å².